The van der Waals surface area contributed by atoms with Crippen molar-refractivity contribution in [3.8, 4) is 0 Å². The molecule has 2 rings (SSSR count). The molecule has 0 aromatic heterocycles. The number of aryl methyl sites for hydroxylation is 1. The van der Waals surface area contributed by atoms with E-state index in [4.69, 9.17) is 0 Å². The third-order valence-corrected chi connectivity index (χ3v) is 4.60. The quantitative estimate of drug-likeness (QED) is 0.644. The Morgan fingerprint density at radius 2 is 1.83 bits per heavy atom. The largest absolute Gasteiger partial charge is 0.321 e. The lowest BCUT2D eigenvalue weighted by Gasteiger charge is -2.10. The lowest BCUT2D eigenvalue weighted by Crippen LogP contribution is -2.12. The normalized spacial score (nSPS) is 10.8. The minimum Gasteiger partial charge on any atom is -0.321 e. The summed E-state index contributed by atoms with van der Waals surface area (Å²) in [6, 6.07) is 13.9. The first-order valence-corrected chi connectivity index (χ1v) is 9.00. The Labute approximate surface area is 147 Å². The highest BCUT2D eigenvalue weighted by molar-refractivity contribution is 9.10. The maximum Gasteiger partial charge on any atom is 0.255 e. The standard InChI is InChI=1S/C20H24BrNO/c1-4-5-6-15-7-12-19(18(21)13-15)22-20(23)17-10-8-16(9-11-17)14(2)3/h7-14H,4-6H2,1-3H3,(H,22,23). The summed E-state index contributed by atoms with van der Waals surface area (Å²) >= 11 is 3.56. The molecule has 0 unspecified atom stereocenters. The Hall–Kier alpha value is -1.61. The maximum atomic E-state index is 12.4. The number of amides is 1. The van der Waals surface area contributed by atoms with Crippen molar-refractivity contribution in [2.45, 2.75) is 46.0 Å². The topological polar surface area (TPSA) is 29.1 Å². The minimum absolute atomic E-state index is 0.0812. The summed E-state index contributed by atoms with van der Waals surface area (Å²) in [5, 5.41) is 2.97. The lowest BCUT2D eigenvalue weighted by molar-refractivity contribution is 0.102. The second-order valence-electron chi connectivity index (χ2n) is 6.15. The third kappa shape index (κ3) is 4.93. The van der Waals surface area contributed by atoms with Crippen LogP contribution in [0.1, 0.15) is 61.0 Å². The summed E-state index contributed by atoms with van der Waals surface area (Å²) in [5.74, 6) is 0.388. The number of anilines is 1. The van der Waals surface area contributed by atoms with Crippen LogP contribution < -0.4 is 5.32 Å². The summed E-state index contributed by atoms with van der Waals surface area (Å²) in [4.78, 5) is 12.4. The number of carbonyl (C=O) groups excluding carboxylic acids is 1. The number of nitrogens with one attached hydrogen (secondary N) is 1. The smallest absolute Gasteiger partial charge is 0.255 e. The van der Waals surface area contributed by atoms with E-state index in [1.54, 1.807) is 0 Å². The van der Waals surface area contributed by atoms with Crippen LogP contribution in [-0.4, -0.2) is 5.91 Å². The van der Waals surface area contributed by atoms with Gasteiger partial charge in [0.25, 0.3) is 5.91 Å². The first kappa shape index (κ1) is 17.7. The van der Waals surface area contributed by atoms with E-state index in [1.807, 2.05) is 30.3 Å². The summed E-state index contributed by atoms with van der Waals surface area (Å²) < 4.78 is 0.929. The van der Waals surface area contributed by atoms with Crippen LogP contribution in [0.4, 0.5) is 5.69 Å². The molecule has 23 heavy (non-hydrogen) atoms. The number of halogens is 1. The predicted molar refractivity (Wildman–Crippen MR) is 101 cm³/mol. The molecule has 2 aromatic carbocycles. The molecule has 1 N–H and O–H groups in total. The van der Waals surface area contributed by atoms with Gasteiger partial charge in [0.05, 0.1) is 5.69 Å². The van der Waals surface area contributed by atoms with Crippen LogP contribution in [0.5, 0.6) is 0 Å². The average Bonchev–Trinajstić information content (AvgIpc) is 2.55. The minimum atomic E-state index is -0.0812. The molecule has 0 atom stereocenters. The SMILES string of the molecule is CCCCc1ccc(NC(=O)c2ccc(C(C)C)cc2)c(Br)c1. The van der Waals surface area contributed by atoms with Crippen molar-refractivity contribution < 1.29 is 4.79 Å². The molecule has 0 fully saturated rings. The molecule has 2 nitrogen and oxygen atoms in total. The lowest BCUT2D eigenvalue weighted by atomic mass is 10.0. The molecule has 2 aromatic rings. The van der Waals surface area contributed by atoms with Gasteiger partial charge in [0.1, 0.15) is 0 Å². The summed E-state index contributed by atoms with van der Waals surface area (Å²) in [7, 11) is 0. The second kappa shape index (κ2) is 8.30. The van der Waals surface area contributed by atoms with Gasteiger partial charge >= 0.3 is 0 Å². The molecule has 122 valence electrons. The molecule has 0 saturated carbocycles. The number of benzene rings is 2. The predicted octanol–water partition coefficient (Wildman–Crippen LogP) is 6.17. The van der Waals surface area contributed by atoms with Gasteiger partial charge in [0.2, 0.25) is 0 Å². The molecule has 0 heterocycles. The van der Waals surface area contributed by atoms with Crippen LogP contribution >= 0.6 is 15.9 Å². The summed E-state index contributed by atoms with van der Waals surface area (Å²) in [6.07, 6.45) is 3.43. The molecule has 0 bridgehead atoms. The molecular formula is C20H24BrNO. The van der Waals surface area contributed by atoms with Crippen LogP contribution in [-0.2, 0) is 6.42 Å². The summed E-state index contributed by atoms with van der Waals surface area (Å²) in [5.41, 5.74) is 4.01. The monoisotopic (exact) mass is 373 g/mol. The molecular weight excluding hydrogens is 350 g/mol. The molecule has 1 amide bonds. The Morgan fingerprint density at radius 3 is 2.39 bits per heavy atom. The van der Waals surface area contributed by atoms with Gasteiger partial charge < -0.3 is 5.32 Å². The maximum absolute atomic E-state index is 12.4. The highest BCUT2D eigenvalue weighted by Crippen LogP contribution is 2.25. The molecule has 3 heteroatoms. The van der Waals surface area contributed by atoms with Crippen LogP contribution in [0.3, 0.4) is 0 Å². The van der Waals surface area contributed by atoms with E-state index in [0.29, 0.717) is 11.5 Å². The van der Waals surface area contributed by atoms with E-state index in [0.717, 1.165) is 16.6 Å². The number of unbranched alkanes of at least 4 members (excludes halogenated alkanes) is 1. The van der Waals surface area contributed by atoms with Crippen molar-refractivity contribution in [2.75, 3.05) is 5.32 Å². The van der Waals surface area contributed by atoms with Crippen LogP contribution in [0.25, 0.3) is 0 Å². The van der Waals surface area contributed by atoms with Crippen molar-refractivity contribution in [1.29, 1.82) is 0 Å². The Kier molecular flexibility index (Phi) is 6.40. The van der Waals surface area contributed by atoms with E-state index < -0.39 is 0 Å². The first-order valence-electron chi connectivity index (χ1n) is 8.21. The van der Waals surface area contributed by atoms with Gasteiger partial charge in [-0.15, -0.1) is 0 Å². The van der Waals surface area contributed by atoms with Crippen LogP contribution in [0, 0.1) is 0 Å². The van der Waals surface area contributed by atoms with E-state index in [2.05, 4.69) is 54.2 Å². The van der Waals surface area contributed by atoms with E-state index in [1.165, 1.54) is 24.0 Å². The van der Waals surface area contributed by atoms with Gasteiger partial charge in [-0.1, -0.05) is 45.4 Å². The fraction of sp³-hybridized carbons (Fsp3) is 0.350. The Balaban J connectivity index is 2.07. The molecule has 0 aliphatic carbocycles. The molecule has 0 aliphatic heterocycles. The van der Waals surface area contributed by atoms with E-state index in [-0.39, 0.29) is 5.91 Å². The zero-order chi connectivity index (χ0) is 16.8. The molecule has 0 aliphatic rings. The third-order valence-electron chi connectivity index (χ3n) is 3.94. The number of hydrogen-bond donors (Lipinski definition) is 1. The number of rotatable bonds is 6. The zero-order valence-corrected chi connectivity index (χ0v) is 15.6. The van der Waals surface area contributed by atoms with E-state index >= 15 is 0 Å². The number of carbonyl (C=O) groups is 1. The van der Waals surface area contributed by atoms with Gasteiger partial charge in [-0.3, -0.25) is 4.79 Å². The van der Waals surface area contributed by atoms with E-state index in [9.17, 15) is 4.79 Å². The van der Waals surface area contributed by atoms with Crippen molar-refractivity contribution in [3.05, 3.63) is 63.6 Å². The Morgan fingerprint density at radius 1 is 1.13 bits per heavy atom. The Bertz CT molecular complexity index is 662. The average molecular weight is 374 g/mol. The van der Waals surface area contributed by atoms with Gasteiger partial charge in [0, 0.05) is 10.0 Å². The van der Waals surface area contributed by atoms with Crippen LogP contribution in [0.2, 0.25) is 0 Å². The van der Waals surface area contributed by atoms with Gasteiger partial charge in [-0.25, -0.2) is 0 Å². The van der Waals surface area contributed by atoms with Crippen molar-refractivity contribution in [3.63, 3.8) is 0 Å². The van der Waals surface area contributed by atoms with Crippen LogP contribution in [0.15, 0.2) is 46.9 Å². The molecule has 0 saturated heterocycles. The number of hydrogen-bond acceptors (Lipinski definition) is 1. The van der Waals surface area contributed by atoms with Gasteiger partial charge in [-0.05, 0) is 70.1 Å². The van der Waals surface area contributed by atoms with Crippen molar-refractivity contribution in [2.24, 2.45) is 0 Å². The molecule has 0 spiro atoms. The fourth-order valence-electron chi connectivity index (χ4n) is 2.41. The van der Waals surface area contributed by atoms with Crippen molar-refractivity contribution >= 4 is 27.5 Å². The zero-order valence-electron chi connectivity index (χ0n) is 14.0. The summed E-state index contributed by atoms with van der Waals surface area (Å²) in [6.45, 7) is 6.48. The van der Waals surface area contributed by atoms with Gasteiger partial charge in [0.15, 0.2) is 0 Å². The second-order valence-corrected chi connectivity index (χ2v) is 7.00. The highest BCUT2D eigenvalue weighted by atomic mass is 79.9. The van der Waals surface area contributed by atoms with Crippen molar-refractivity contribution in [1.82, 2.24) is 0 Å². The first-order chi connectivity index (χ1) is 11.0. The van der Waals surface area contributed by atoms with Gasteiger partial charge in [-0.2, -0.15) is 0 Å². The fourth-order valence-corrected chi connectivity index (χ4v) is 2.94. The highest BCUT2D eigenvalue weighted by Gasteiger charge is 2.09. The molecule has 0 radical (unpaired) electrons.